The Morgan fingerprint density at radius 1 is 0.603 bits per heavy atom. The minimum atomic E-state index is -4.02. The number of rotatable bonds is 11. The van der Waals surface area contributed by atoms with Crippen LogP contribution < -0.4 is 33.3 Å². The van der Waals surface area contributed by atoms with Gasteiger partial charge in [0.05, 0.1) is 9.79 Å². The van der Waals surface area contributed by atoms with Gasteiger partial charge >= 0.3 is 0 Å². The van der Waals surface area contributed by atoms with Crippen LogP contribution in [0.3, 0.4) is 0 Å². The Kier molecular flexibility index (Phi) is 16.8. The van der Waals surface area contributed by atoms with E-state index in [9.17, 15) is 26.4 Å². The number of anilines is 4. The summed E-state index contributed by atoms with van der Waals surface area (Å²) in [5.41, 5.74) is 19.7. The van der Waals surface area contributed by atoms with E-state index in [0.29, 0.717) is 41.2 Å². The van der Waals surface area contributed by atoms with Crippen molar-refractivity contribution in [2.75, 3.05) is 22.1 Å². The Balaban J connectivity index is 0.000000319. The van der Waals surface area contributed by atoms with Crippen molar-refractivity contribution in [3.63, 3.8) is 0 Å². The van der Waals surface area contributed by atoms with Crippen molar-refractivity contribution >= 4 is 61.1 Å². The molecule has 18 nitrogen and oxygen atoms in total. The van der Waals surface area contributed by atoms with Crippen LogP contribution in [-0.2, 0) is 38.1 Å². The molecule has 0 aliphatic carbocycles. The number of carbonyl (C=O) groups is 2. The molecule has 68 heavy (non-hydrogen) atoms. The van der Waals surface area contributed by atoms with Gasteiger partial charge in [0.25, 0.3) is 26.1 Å². The lowest BCUT2D eigenvalue weighted by molar-refractivity contribution is -0.111. The van der Waals surface area contributed by atoms with Crippen LogP contribution in [-0.4, -0.2) is 56.9 Å². The summed E-state index contributed by atoms with van der Waals surface area (Å²) in [6, 6.07) is 33.3. The molecular weight excluding hydrogens is 909 g/mol. The molecule has 352 valence electrons. The van der Waals surface area contributed by atoms with E-state index >= 15 is 0 Å². The number of benzene rings is 5. The molecule has 2 amide bonds. The van der Waals surface area contributed by atoms with Crippen molar-refractivity contribution in [3.05, 3.63) is 173 Å². The summed E-state index contributed by atoms with van der Waals surface area (Å²) in [6.45, 7) is 8.74. The number of aryl methyl sites for hydroxylation is 4. The Hall–Kier alpha value is -8.04. The quantitative estimate of drug-likeness (QED) is 0.0482. The van der Waals surface area contributed by atoms with E-state index in [4.69, 9.17) is 31.4 Å². The molecule has 0 fully saturated rings. The molecule has 0 spiro atoms. The topological polar surface area (TPSA) is 302 Å². The summed E-state index contributed by atoms with van der Waals surface area (Å²) < 4.78 is 62.5. The van der Waals surface area contributed by atoms with Gasteiger partial charge in [0.2, 0.25) is 17.1 Å². The predicted octanol–water partition coefficient (Wildman–Crippen LogP) is 6.96. The summed E-state index contributed by atoms with van der Waals surface area (Å²) in [4.78, 5) is 33.4. The maximum absolute atomic E-state index is 12.8. The van der Waals surface area contributed by atoms with Gasteiger partial charge in [-0.2, -0.15) is 26.8 Å². The molecule has 7 aromatic rings. The van der Waals surface area contributed by atoms with Crippen molar-refractivity contribution in [2.45, 2.75) is 50.6 Å². The molecule has 2 aromatic heterocycles. The van der Waals surface area contributed by atoms with Crippen LogP contribution in [0.5, 0.6) is 0 Å². The summed E-state index contributed by atoms with van der Waals surface area (Å²) in [6.07, 6.45) is 6.68. The number of nitrogens with two attached hydrogens (primary N) is 2. The first-order valence-corrected chi connectivity index (χ1v) is 23.6. The Morgan fingerprint density at radius 2 is 0.985 bits per heavy atom. The van der Waals surface area contributed by atoms with Gasteiger partial charge in [0.1, 0.15) is 11.6 Å². The minimum absolute atomic E-state index is 0.0666. The second kappa shape index (κ2) is 22.4. The zero-order chi connectivity index (χ0) is 49.8. The fourth-order valence-corrected chi connectivity index (χ4v) is 7.12. The van der Waals surface area contributed by atoms with Crippen LogP contribution in [0.4, 0.5) is 23.0 Å². The number of nitrogen functional groups attached to an aromatic ring is 2. The van der Waals surface area contributed by atoms with Gasteiger partial charge < -0.3 is 31.2 Å². The normalized spacial score (nSPS) is 11.1. The molecule has 0 unspecified atom stereocenters. The van der Waals surface area contributed by atoms with Gasteiger partial charge in [0.15, 0.2) is 0 Å². The molecule has 20 heteroatoms. The Labute approximate surface area is 393 Å². The van der Waals surface area contributed by atoms with E-state index in [1.807, 2.05) is 52.0 Å². The Morgan fingerprint density at radius 3 is 1.35 bits per heavy atom. The second-order valence-corrected chi connectivity index (χ2v) is 17.8. The minimum Gasteiger partial charge on any atom is -0.383 e. The standard InChI is InChI=1S/C34H34N10O2.2C7H8O3S/c1-3-43-19-27(30(35)41-33(43)37)22-10-14-25(15-11-22)39-29(45)18-7-21-5-8-24(9-6-21)32(46)40-26-16-12-23(13-17-26)28-20-44(4-2)34(38)42-31(28)36;2*1-6-2-4-7(5-3-6)11(8,9)10/h5-20H,3-4H2,1-2H3,(H,39,45)(H,40,46)(H3,35,37,41)(H3,36,38,42);2*2-5H,1H3,(H,8,9,10)/b18-7+;;. The van der Waals surface area contributed by atoms with Crippen LogP contribution in [0.1, 0.15) is 40.9 Å². The summed E-state index contributed by atoms with van der Waals surface area (Å²) in [5.74, 6) is -0.0342. The molecule has 0 saturated carbocycles. The molecule has 0 saturated heterocycles. The second-order valence-electron chi connectivity index (χ2n) is 14.9. The lowest BCUT2D eigenvalue weighted by atomic mass is 10.1. The van der Waals surface area contributed by atoms with Gasteiger partial charge in [-0.05, 0) is 111 Å². The first kappa shape index (κ1) is 51.0. The van der Waals surface area contributed by atoms with E-state index in [2.05, 4.69) is 20.6 Å². The first-order valence-electron chi connectivity index (χ1n) is 20.7. The van der Waals surface area contributed by atoms with Gasteiger partial charge in [-0.1, -0.05) is 71.8 Å². The third-order valence-corrected chi connectivity index (χ3v) is 11.7. The average molecular weight is 959 g/mol. The highest BCUT2D eigenvalue weighted by Gasteiger charge is 2.12. The van der Waals surface area contributed by atoms with E-state index in [0.717, 1.165) is 27.8 Å². The fourth-order valence-electron chi connectivity index (χ4n) is 6.16. The molecule has 10 N–H and O–H groups in total. The predicted molar refractivity (Wildman–Crippen MR) is 261 cm³/mol. The van der Waals surface area contributed by atoms with Crippen LogP contribution in [0.15, 0.2) is 150 Å². The highest BCUT2D eigenvalue weighted by Crippen LogP contribution is 2.26. The molecular formula is C48H50N10O8S2. The number of amides is 2. The van der Waals surface area contributed by atoms with Gasteiger partial charge in [-0.15, -0.1) is 0 Å². The summed E-state index contributed by atoms with van der Waals surface area (Å²) in [7, 11) is -8.04. The maximum Gasteiger partial charge on any atom is 0.294 e. The van der Waals surface area contributed by atoms with Crippen molar-refractivity contribution in [2.24, 2.45) is 0 Å². The molecule has 0 aliphatic rings. The van der Waals surface area contributed by atoms with Crippen molar-refractivity contribution in [1.29, 1.82) is 10.8 Å². The average Bonchev–Trinajstić information content (AvgIpc) is 3.29. The lowest BCUT2D eigenvalue weighted by Gasteiger charge is -2.11. The molecule has 7 rings (SSSR count). The largest absolute Gasteiger partial charge is 0.383 e. The monoisotopic (exact) mass is 958 g/mol. The Bertz CT molecular complexity index is 3210. The van der Waals surface area contributed by atoms with Crippen molar-refractivity contribution in [3.8, 4) is 22.3 Å². The number of nitrogens with one attached hydrogen (secondary N) is 4. The SMILES string of the molecule is CCn1cc(-c2ccc(NC(=O)/C=C/c3ccc(C(=O)Nc4ccc(-c5cn(CC)c(=N)nc5N)cc4)cc3)cc2)c(N)nc1=N.Cc1ccc(S(=O)(=O)O)cc1.Cc1ccc(S(=O)(=O)O)cc1. The smallest absolute Gasteiger partial charge is 0.294 e. The molecule has 0 bridgehead atoms. The van der Waals surface area contributed by atoms with Gasteiger partial charge in [-0.3, -0.25) is 29.5 Å². The zero-order valence-corrected chi connectivity index (χ0v) is 39.0. The number of hydrogen-bond donors (Lipinski definition) is 8. The van der Waals surface area contributed by atoms with E-state index in [1.54, 1.807) is 100 Å². The first-order chi connectivity index (χ1) is 32.1. The number of hydrogen-bond acceptors (Lipinski definition) is 12. The third-order valence-electron chi connectivity index (χ3n) is 9.95. The van der Waals surface area contributed by atoms with Crippen LogP contribution in [0.25, 0.3) is 28.3 Å². The number of nitrogens with zero attached hydrogens (tertiary/aromatic N) is 4. The molecule has 0 atom stereocenters. The fraction of sp³-hybridized carbons (Fsp3) is 0.125. The van der Waals surface area contributed by atoms with Crippen LogP contribution >= 0.6 is 0 Å². The van der Waals surface area contributed by atoms with Crippen molar-refractivity contribution < 1.29 is 35.5 Å². The highest BCUT2D eigenvalue weighted by atomic mass is 32.2. The number of carbonyl (C=O) groups excluding carboxylic acids is 2. The van der Waals surface area contributed by atoms with E-state index in [-0.39, 0.29) is 44.5 Å². The van der Waals surface area contributed by atoms with Crippen molar-refractivity contribution in [1.82, 2.24) is 19.1 Å². The van der Waals surface area contributed by atoms with Crippen LogP contribution in [0.2, 0.25) is 0 Å². The summed E-state index contributed by atoms with van der Waals surface area (Å²) in [5, 5.41) is 21.5. The lowest BCUT2D eigenvalue weighted by Crippen LogP contribution is -2.23. The van der Waals surface area contributed by atoms with E-state index < -0.39 is 20.2 Å². The molecule has 0 aliphatic heterocycles. The van der Waals surface area contributed by atoms with E-state index in [1.165, 1.54) is 30.3 Å². The zero-order valence-electron chi connectivity index (χ0n) is 37.4. The van der Waals surface area contributed by atoms with Crippen LogP contribution in [0, 0.1) is 24.7 Å². The molecule has 2 heterocycles. The molecule has 5 aromatic carbocycles. The molecule has 0 radical (unpaired) electrons. The third kappa shape index (κ3) is 14.2. The highest BCUT2D eigenvalue weighted by molar-refractivity contribution is 7.86. The van der Waals surface area contributed by atoms with Gasteiger partial charge in [0, 0.05) is 59.6 Å². The summed E-state index contributed by atoms with van der Waals surface area (Å²) >= 11 is 0. The maximum atomic E-state index is 12.8. The number of aromatic nitrogens is 4. The van der Waals surface area contributed by atoms with Gasteiger partial charge in [-0.25, -0.2) is 0 Å².